The first-order chi connectivity index (χ1) is 14.9. The Morgan fingerprint density at radius 1 is 1.19 bits per heavy atom. The largest absolute Gasteiger partial charge is 0.335 e. The number of aryl methyl sites for hydroxylation is 1. The highest BCUT2D eigenvalue weighted by Crippen LogP contribution is 2.41. The van der Waals surface area contributed by atoms with E-state index < -0.39 is 0 Å². The van der Waals surface area contributed by atoms with E-state index in [0.29, 0.717) is 55.4 Å². The van der Waals surface area contributed by atoms with Gasteiger partial charge in [-0.1, -0.05) is 23.2 Å². The number of rotatable bonds is 2. The topological polar surface area (TPSA) is 111 Å². The summed E-state index contributed by atoms with van der Waals surface area (Å²) in [4.78, 5) is 20.4. The molecule has 3 aromatic heterocycles. The Morgan fingerprint density at radius 3 is 2.71 bits per heavy atom. The molecule has 3 N–H and O–H groups in total. The van der Waals surface area contributed by atoms with Crippen molar-refractivity contribution in [2.24, 2.45) is 19.8 Å². The molecule has 0 radical (unpaired) electrons. The standard InChI is InChI=1S/C20H20Cl2N8O/c1-28-19(31)14-16(9-4-5-11-13(15(9)21)17(22)29(2)27-11)25-26-18(14)24-20(28)30-8-3-6-12(30)10(23)7-8/h4-5,8,10,12H,3,6-7,23H2,1-2H3,(H,25,26)/t8-,10+,12?/m0/s1. The third-order valence-corrected chi connectivity index (χ3v) is 7.54. The van der Waals surface area contributed by atoms with Crippen molar-refractivity contribution in [1.29, 1.82) is 0 Å². The van der Waals surface area contributed by atoms with Crippen LogP contribution >= 0.6 is 23.2 Å². The molecule has 6 rings (SSSR count). The van der Waals surface area contributed by atoms with Crippen LogP contribution in [0.3, 0.4) is 0 Å². The number of H-pyrrole nitrogens is 1. The Hall–Kier alpha value is -2.62. The van der Waals surface area contributed by atoms with Gasteiger partial charge in [-0.15, -0.1) is 0 Å². The van der Waals surface area contributed by atoms with Gasteiger partial charge in [0.2, 0.25) is 5.95 Å². The Kier molecular flexibility index (Phi) is 3.97. The van der Waals surface area contributed by atoms with Gasteiger partial charge in [-0.05, 0) is 31.4 Å². The van der Waals surface area contributed by atoms with Crippen LogP contribution < -0.4 is 16.2 Å². The molecule has 2 aliphatic heterocycles. The minimum Gasteiger partial charge on any atom is -0.335 e. The van der Waals surface area contributed by atoms with Gasteiger partial charge in [0, 0.05) is 37.8 Å². The van der Waals surface area contributed by atoms with Gasteiger partial charge in [0.05, 0.1) is 15.9 Å². The maximum Gasteiger partial charge on any atom is 0.266 e. The number of halogens is 2. The van der Waals surface area contributed by atoms with Crippen LogP contribution in [0.5, 0.6) is 0 Å². The van der Waals surface area contributed by atoms with Gasteiger partial charge < -0.3 is 10.6 Å². The molecule has 1 unspecified atom stereocenters. The zero-order valence-electron chi connectivity index (χ0n) is 16.9. The highest BCUT2D eigenvalue weighted by molar-refractivity contribution is 6.43. The summed E-state index contributed by atoms with van der Waals surface area (Å²) in [6, 6.07) is 4.27. The van der Waals surface area contributed by atoms with Crippen molar-refractivity contribution >= 4 is 51.1 Å². The van der Waals surface area contributed by atoms with Crippen LogP contribution in [0.4, 0.5) is 5.95 Å². The van der Waals surface area contributed by atoms with Gasteiger partial charge in [0.15, 0.2) is 5.65 Å². The molecule has 5 heterocycles. The first kappa shape index (κ1) is 19.1. The van der Waals surface area contributed by atoms with Crippen LogP contribution in [0.25, 0.3) is 33.2 Å². The molecule has 160 valence electrons. The lowest BCUT2D eigenvalue weighted by Gasteiger charge is -2.25. The number of nitrogens with two attached hydrogens (primary N) is 1. The van der Waals surface area contributed by atoms with E-state index in [1.165, 1.54) is 0 Å². The van der Waals surface area contributed by atoms with Crippen molar-refractivity contribution in [2.45, 2.75) is 37.4 Å². The van der Waals surface area contributed by atoms with E-state index in [1.807, 2.05) is 6.07 Å². The number of nitrogens with zero attached hydrogens (tertiary/aromatic N) is 6. The molecule has 0 spiro atoms. The molecular weight excluding hydrogens is 439 g/mol. The quantitative estimate of drug-likeness (QED) is 0.477. The second kappa shape index (κ2) is 6.44. The number of benzene rings is 1. The number of hydrogen-bond donors (Lipinski definition) is 2. The number of nitrogens with one attached hydrogen (secondary N) is 1. The van der Waals surface area contributed by atoms with Crippen molar-refractivity contribution in [3.63, 3.8) is 0 Å². The van der Waals surface area contributed by atoms with Crippen LogP contribution in [0, 0.1) is 0 Å². The fourth-order valence-corrected chi connectivity index (χ4v) is 5.83. The average Bonchev–Trinajstić information content (AvgIpc) is 3.48. The van der Waals surface area contributed by atoms with Crippen molar-refractivity contribution in [2.75, 3.05) is 4.90 Å². The van der Waals surface area contributed by atoms with Crippen molar-refractivity contribution in [1.82, 2.24) is 29.5 Å². The summed E-state index contributed by atoms with van der Waals surface area (Å²) in [5, 5.41) is 13.5. The van der Waals surface area contributed by atoms with Crippen molar-refractivity contribution in [3.8, 4) is 11.3 Å². The molecule has 2 bridgehead atoms. The van der Waals surface area contributed by atoms with Crippen molar-refractivity contribution in [3.05, 3.63) is 32.7 Å². The first-order valence-electron chi connectivity index (χ1n) is 10.2. The minimum absolute atomic E-state index is 0.110. The fourth-order valence-electron chi connectivity index (χ4n) is 5.22. The minimum atomic E-state index is -0.183. The Morgan fingerprint density at radius 2 is 2.00 bits per heavy atom. The third-order valence-electron chi connectivity index (χ3n) is 6.72. The molecule has 31 heavy (non-hydrogen) atoms. The molecule has 3 atom stereocenters. The molecule has 0 aliphatic carbocycles. The van der Waals surface area contributed by atoms with E-state index in [-0.39, 0.29) is 17.6 Å². The summed E-state index contributed by atoms with van der Waals surface area (Å²) in [5.41, 5.74) is 8.27. The van der Waals surface area contributed by atoms with E-state index in [0.717, 1.165) is 19.3 Å². The van der Waals surface area contributed by atoms with Crippen LogP contribution in [0.1, 0.15) is 19.3 Å². The molecule has 2 saturated heterocycles. The summed E-state index contributed by atoms with van der Waals surface area (Å²) in [6.45, 7) is 0. The van der Waals surface area contributed by atoms with Gasteiger partial charge in [0.1, 0.15) is 16.2 Å². The third kappa shape index (κ3) is 2.48. The van der Waals surface area contributed by atoms with Crippen LogP contribution in [0.2, 0.25) is 10.2 Å². The molecule has 2 fully saturated rings. The predicted octanol–water partition coefficient (Wildman–Crippen LogP) is 2.59. The van der Waals surface area contributed by atoms with E-state index in [2.05, 4.69) is 20.2 Å². The zero-order valence-corrected chi connectivity index (χ0v) is 18.4. The van der Waals surface area contributed by atoms with E-state index >= 15 is 0 Å². The van der Waals surface area contributed by atoms with Gasteiger partial charge >= 0.3 is 0 Å². The Balaban J connectivity index is 1.55. The lowest BCUT2D eigenvalue weighted by molar-refractivity contribution is 0.503. The smallest absolute Gasteiger partial charge is 0.266 e. The highest BCUT2D eigenvalue weighted by Gasteiger charge is 2.46. The van der Waals surface area contributed by atoms with E-state index in [9.17, 15) is 4.79 Å². The summed E-state index contributed by atoms with van der Waals surface area (Å²) in [7, 11) is 3.49. The van der Waals surface area contributed by atoms with Crippen LogP contribution in [-0.2, 0) is 14.1 Å². The Bertz CT molecular complexity index is 1440. The predicted molar refractivity (Wildman–Crippen MR) is 121 cm³/mol. The second-order valence-corrected chi connectivity index (χ2v) is 9.15. The zero-order chi connectivity index (χ0) is 21.6. The summed E-state index contributed by atoms with van der Waals surface area (Å²) < 4.78 is 3.15. The summed E-state index contributed by atoms with van der Waals surface area (Å²) in [5.74, 6) is 0.630. The highest BCUT2D eigenvalue weighted by atomic mass is 35.5. The molecular formula is C20H20Cl2N8O. The molecule has 1 aromatic carbocycles. The lowest BCUT2D eigenvalue weighted by atomic mass is 9.97. The number of fused-ring (bicyclic) bond motifs is 4. The molecule has 11 heteroatoms. The first-order valence-corrected chi connectivity index (χ1v) is 10.9. The maximum absolute atomic E-state index is 13.4. The van der Waals surface area contributed by atoms with Crippen molar-refractivity contribution < 1.29 is 0 Å². The van der Waals surface area contributed by atoms with Gasteiger partial charge in [0.25, 0.3) is 5.56 Å². The number of aromatic amines is 1. The Labute approximate surface area is 186 Å². The van der Waals surface area contributed by atoms with E-state index in [4.69, 9.17) is 33.9 Å². The molecule has 0 amide bonds. The lowest BCUT2D eigenvalue weighted by Crippen LogP contribution is -2.40. The average molecular weight is 459 g/mol. The summed E-state index contributed by atoms with van der Waals surface area (Å²) in [6.07, 6.45) is 3.02. The number of anilines is 1. The SMILES string of the molecule is Cn1nc2ccc(-c3n[nH]c4nc(N5C6CC[C@H]5C[C@H]6N)n(C)c(=O)c34)c(Cl)c2c1Cl. The number of aromatic nitrogens is 6. The van der Waals surface area contributed by atoms with Crippen LogP contribution in [0.15, 0.2) is 16.9 Å². The van der Waals surface area contributed by atoms with Crippen LogP contribution in [-0.4, -0.2) is 47.7 Å². The molecule has 0 saturated carbocycles. The monoisotopic (exact) mass is 458 g/mol. The maximum atomic E-state index is 13.4. The van der Waals surface area contributed by atoms with E-state index in [1.54, 1.807) is 29.4 Å². The van der Waals surface area contributed by atoms with Gasteiger partial charge in [-0.25, -0.2) is 0 Å². The normalized spacial score (nSPS) is 23.0. The van der Waals surface area contributed by atoms with Gasteiger partial charge in [-0.2, -0.15) is 15.2 Å². The van der Waals surface area contributed by atoms with Gasteiger partial charge in [-0.3, -0.25) is 19.1 Å². The molecule has 4 aromatic rings. The number of hydrogen-bond acceptors (Lipinski definition) is 6. The molecule has 9 nitrogen and oxygen atoms in total. The summed E-state index contributed by atoms with van der Waals surface area (Å²) >= 11 is 13.1. The molecule has 2 aliphatic rings. The second-order valence-electron chi connectivity index (χ2n) is 8.41. The fraction of sp³-hybridized carbons (Fsp3) is 0.400.